The summed E-state index contributed by atoms with van der Waals surface area (Å²) in [6.07, 6.45) is 0.271. The van der Waals surface area contributed by atoms with Crippen molar-refractivity contribution < 1.29 is 18.8 Å². The normalized spacial score (nSPS) is 17.1. The monoisotopic (exact) mass is 350 g/mol. The van der Waals surface area contributed by atoms with E-state index in [-0.39, 0.29) is 24.7 Å². The Hall–Kier alpha value is -2.48. The summed E-state index contributed by atoms with van der Waals surface area (Å²) in [5, 5.41) is 5.23. The summed E-state index contributed by atoms with van der Waals surface area (Å²) in [5.74, 6) is -1.07. The summed E-state index contributed by atoms with van der Waals surface area (Å²) in [7, 11) is 3.78. The maximum atomic E-state index is 13.2. The molecule has 4 amide bonds. The number of carbonyl (C=O) groups is 3. The van der Waals surface area contributed by atoms with Crippen molar-refractivity contribution in [3.05, 3.63) is 35.6 Å². The van der Waals surface area contributed by atoms with Crippen molar-refractivity contribution >= 4 is 17.8 Å². The number of carbonyl (C=O) groups excluding carboxylic acids is 3. The maximum absolute atomic E-state index is 13.2. The number of hydrogen-bond acceptors (Lipinski definition) is 4. The fraction of sp³-hybridized carbons (Fsp3) is 0.471. The molecule has 0 saturated carbocycles. The molecule has 8 heteroatoms. The van der Waals surface area contributed by atoms with Crippen LogP contribution in [0.15, 0.2) is 24.3 Å². The highest BCUT2D eigenvalue weighted by Gasteiger charge is 2.38. The number of likely N-dealkylation sites (N-methyl/N-ethyl adjacent to an activating group) is 1. The Bertz CT molecular complexity index is 651. The van der Waals surface area contributed by atoms with E-state index in [9.17, 15) is 18.8 Å². The molecule has 7 nitrogen and oxygen atoms in total. The molecule has 0 bridgehead atoms. The van der Waals surface area contributed by atoms with Crippen LogP contribution in [-0.4, -0.2) is 67.4 Å². The van der Waals surface area contributed by atoms with Crippen LogP contribution >= 0.6 is 0 Å². The van der Waals surface area contributed by atoms with Gasteiger partial charge in [0.15, 0.2) is 0 Å². The molecule has 1 fully saturated rings. The third kappa shape index (κ3) is 5.53. The molecule has 0 aliphatic carbocycles. The highest BCUT2D eigenvalue weighted by molar-refractivity contribution is 6.05. The summed E-state index contributed by atoms with van der Waals surface area (Å²) in [5.41, 5.74) is 0.700. The first-order valence-corrected chi connectivity index (χ1v) is 8.14. The Morgan fingerprint density at radius 2 is 2.12 bits per heavy atom. The molecule has 2 N–H and O–H groups in total. The Balaban J connectivity index is 1.83. The number of amides is 4. The van der Waals surface area contributed by atoms with Crippen LogP contribution in [0, 0.1) is 5.82 Å². The minimum absolute atomic E-state index is 0.0888. The van der Waals surface area contributed by atoms with Crippen LogP contribution in [0.1, 0.15) is 12.0 Å². The van der Waals surface area contributed by atoms with Crippen LogP contribution in [-0.2, 0) is 16.0 Å². The maximum Gasteiger partial charge on any atom is 0.324 e. The van der Waals surface area contributed by atoms with E-state index in [0.717, 1.165) is 4.90 Å². The van der Waals surface area contributed by atoms with Gasteiger partial charge in [0.1, 0.15) is 11.9 Å². The predicted molar refractivity (Wildman–Crippen MR) is 90.3 cm³/mol. The second kappa shape index (κ2) is 8.57. The number of urea groups is 1. The van der Waals surface area contributed by atoms with Crippen molar-refractivity contribution in [2.45, 2.75) is 18.9 Å². The van der Waals surface area contributed by atoms with E-state index in [1.807, 2.05) is 19.0 Å². The highest BCUT2D eigenvalue weighted by atomic mass is 19.1. The lowest BCUT2D eigenvalue weighted by Crippen LogP contribution is -2.38. The van der Waals surface area contributed by atoms with Gasteiger partial charge < -0.3 is 15.5 Å². The molecule has 1 heterocycles. The summed E-state index contributed by atoms with van der Waals surface area (Å²) in [6.45, 7) is 1.31. The van der Waals surface area contributed by atoms with Gasteiger partial charge in [-0.2, -0.15) is 0 Å². The van der Waals surface area contributed by atoms with Gasteiger partial charge in [0.05, 0.1) is 6.42 Å². The first-order valence-electron chi connectivity index (χ1n) is 8.14. The third-order valence-corrected chi connectivity index (χ3v) is 3.89. The molecule has 25 heavy (non-hydrogen) atoms. The summed E-state index contributed by atoms with van der Waals surface area (Å²) >= 11 is 0. The molecule has 0 aromatic heterocycles. The highest BCUT2D eigenvalue weighted by Crippen LogP contribution is 2.12. The van der Waals surface area contributed by atoms with Gasteiger partial charge in [-0.05, 0) is 38.2 Å². The van der Waals surface area contributed by atoms with Crippen LogP contribution in [0.4, 0.5) is 9.18 Å². The van der Waals surface area contributed by atoms with Crippen molar-refractivity contribution in [2.24, 2.45) is 0 Å². The molecule has 0 unspecified atom stereocenters. The Labute approximate surface area is 146 Å². The topological polar surface area (TPSA) is 81.8 Å². The summed E-state index contributed by atoms with van der Waals surface area (Å²) in [6, 6.07) is 4.65. The van der Waals surface area contributed by atoms with Crippen LogP contribution in [0.3, 0.4) is 0 Å². The lowest BCUT2D eigenvalue weighted by atomic mass is 10.1. The first-order chi connectivity index (χ1) is 11.9. The molecule has 0 spiro atoms. The van der Waals surface area contributed by atoms with Crippen molar-refractivity contribution in [1.82, 2.24) is 20.4 Å². The zero-order valence-corrected chi connectivity index (χ0v) is 14.4. The second-order valence-corrected chi connectivity index (χ2v) is 6.23. The average molecular weight is 350 g/mol. The Morgan fingerprint density at radius 3 is 2.80 bits per heavy atom. The number of imide groups is 1. The summed E-state index contributed by atoms with van der Waals surface area (Å²) < 4.78 is 13.2. The molecule has 1 aliphatic rings. The van der Waals surface area contributed by atoms with Gasteiger partial charge in [0.2, 0.25) is 5.91 Å². The molecule has 0 radical (unpaired) electrons. The molecule has 1 saturated heterocycles. The van der Waals surface area contributed by atoms with E-state index in [0.29, 0.717) is 25.1 Å². The largest absolute Gasteiger partial charge is 0.355 e. The second-order valence-electron chi connectivity index (χ2n) is 6.23. The van der Waals surface area contributed by atoms with Crippen molar-refractivity contribution in [2.75, 3.05) is 33.7 Å². The van der Waals surface area contributed by atoms with E-state index in [1.54, 1.807) is 12.1 Å². The number of hydrogen-bond donors (Lipinski definition) is 2. The van der Waals surface area contributed by atoms with Crippen LogP contribution in [0.2, 0.25) is 0 Å². The van der Waals surface area contributed by atoms with Gasteiger partial charge in [-0.1, -0.05) is 12.1 Å². The third-order valence-electron chi connectivity index (χ3n) is 3.89. The van der Waals surface area contributed by atoms with Crippen molar-refractivity contribution in [3.63, 3.8) is 0 Å². The zero-order chi connectivity index (χ0) is 18.4. The van der Waals surface area contributed by atoms with Gasteiger partial charge in [-0.3, -0.25) is 14.5 Å². The van der Waals surface area contributed by atoms with E-state index >= 15 is 0 Å². The Morgan fingerprint density at radius 1 is 1.36 bits per heavy atom. The van der Waals surface area contributed by atoms with E-state index in [1.165, 1.54) is 12.1 Å². The van der Waals surface area contributed by atoms with Gasteiger partial charge in [0.25, 0.3) is 5.91 Å². The molecule has 136 valence electrons. The predicted octanol–water partition coefficient (Wildman–Crippen LogP) is 0.357. The van der Waals surface area contributed by atoms with E-state index < -0.39 is 18.0 Å². The fourth-order valence-electron chi connectivity index (χ4n) is 2.54. The van der Waals surface area contributed by atoms with Crippen molar-refractivity contribution in [1.29, 1.82) is 0 Å². The number of nitrogens with one attached hydrogen (secondary N) is 2. The number of nitrogens with zero attached hydrogens (tertiary/aromatic N) is 2. The molecule has 1 atom stereocenters. The molecule has 1 aliphatic heterocycles. The first kappa shape index (κ1) is 18.9. The lowest BCUT2D eigenvalue weighted by molar-refractivity contribution is -0.130. The molecule has 1 aromatic rings. The Kier molecular flexibility index (Phi) is 6.46. The van der Waals surface area contributed by atoms with Gasteiger partial charge >= 0.3 is 6.03 Å². The zero-order valence-electron chi connectivity index (χ0n) is 14.4. The SMILES string of the molecule is CN(C)CCNC(=O)C[C@@H]1NC(=O)N(CCc2cccc(F)c2)C1=O. The molecular formula is C17H23FN4O3. The van der Waals surface area contributed by atoms with E-state index in [4.69, 9.17) is 0 Å². The quantitative estimate of drug-likeness (QED) is 0.663. The molecular weight excluding hydrogens is 327 g/mol. The van der Waals surface area contributed by atoms with Crippen LogP contribution < -0.4 is 10.6 Å². The fourth-order valence-corrected chi connectivity index (χ4v) is 2.54. The molecule has 2 rings (SSSR count). The minimum atomic E-state index is -0.848. The van der Waals surface area contributed by atoms with Gasteiger partial charge in [-0.25, -0.2) is 9.18 Å². The minimum Gasteiger partial charge on any atom is -0.355 e. The van der Waals surface area contributed by atoms with Gasteiger partial charge in [0, 0.05) is 19.6 Å². The van der Waals surface area contributed by atoms with Crippen LogP contribution in [0.25, 0.3) is 0 Å². The number of halogens is 1. The lowest BCUT2D eigenvalue weighted by Gasteiger charge is -2.13. The standard InChI is InChI=1S/C17H23FN4O3/c1-21(2)9-7-19-15(23)11-14-16(24)22(17(25)20-14)8-6-12-4-3-5-13(18)10-12/h3-5,10,14H,6-9,11H2,1-2H3,(H,19,23)(H,20,25)/t14-/m0/s1. The smallest absolute Gasteiger partial charge is 0.324 e. The average Bonchev–Trinajstić information content (AvgIpc) is 2.79. The van der Waals surface area contributed by atoms with Crippen LogP contribution in [0.5, 0.6) is 0 Å². The number of benzene rings is 1. The van der Waals surface area contributed by atoms with Gasteiger partial charge in [-0.15, -0.1) is 0 Å². The summed E-state index contributed by atoms with van der Waals surface area (Å²) in [4.78, 5) is 39.1. The number of rotatable bonds is 8. The van der Waals surface area contributed by atoms with E-state index in [2.05, 4.69) is 10.6 Å². The van der Waals surface area contributed by atoms with Crippen molar-refractivity contribution in [3.8, 4) is 0 Å². The molecule has 1 aromatic carbocycles.